The molecular weight excluding hydrogens is 403 g/mol. The normalized spacial score (nSPS) is 39.7. The van der Waals surface area contributed by atoms with Gasteiger partial charge in [0.05, 0.1) is 12.0 Å². The number of esters is 2. The minimum absolute atomic E-state index is 0.0430. The topological polar surface area (TPSA) is 107 Å². The summed E-state index contributed by atoms with van der Waals surface area (Å²) in [5.41, 5.74) is -3.34. The molecule has 5 aliphatic rings. The Hall–Kier alpha value is -1.22. The molecule has 5 rings (SSSR count). The fraction of sp³-hybridized carbons (Fsp3) is 0.900. The van der Waals surface area contributed by atoms with Crippen LogP contribution in [0.4, 0.5) is 4.39 Å². The van der Waals surface area contributed by atoms with E-state index in [4.69, 9.17) is 14.0 Å². The first-order chi connectivity index (χ1) is 13.6. The summed E-state index contributed by atoms with van der Waals surface area (Å²) in [5.74, 6) is 0.580. The Bertz CT molecular complexity index is 722. The number of hydrogen-bond acceptors (Lipinski definition) is 6. The van der Waals surface area contributed by atoms with E-state index in [1.165, 1.54) is 19.3 Å². The minimum atomic E-state index is -5.10. The van der Waals surface area contributed by atoms with E-state index >= 15 is 0 Å². The number of rotatable bonds is 6. The second-order valence-electron chi connectivity index (χ2n) is 9.71. The molecule has 164 valence electrons. The van der Waals surface area contributed by atoms with Gasteiger partial charge in [0.15, 0.2) is 0 Å². The van der Waals surface area contributed by atoms with E-state index in [1.807, 2.05) is 0 Å². The van der Waals surface area contributed by atoms with E-state index in [0.29, 0.717) is 50.0 Å². The smallest absolute Gasteiger partial charge is 0.359 e. The van der Waals surface area contributed by atoms with Gasteiger partial charge in [0, 0.05) is 0 Å². The zero-order valence-electron chi connectivity index (χ0n) is 16.4. The van der Waals surface area contributed by atoms with Gasteiger partial charge in [-0.1, -0.05) is 0 Å². The van der Waals surface area contributed by atoms with Crippen molar-refractivity contribution < 1.29 is 36.4 Å². The van der Waals surface area contributed by atoms with Crippen LogP contribution in [0, 0.1) is 29.1 Å². The van der Waals surface area contributed by atoms with Gasteiger partial charge in [-0.2, -0.15) is 8.42 Å². The molecular formula is C20H29FO7S. The first-order valence-electron chi connectivity index (χ1n) is 10.6. The molecule has 0 aliphatic heterocycles. The quantitative estimate of drug-likeness (QED) is 0.508. The van der Waals surface area contributed by atoms with Gasteiger partial charge in [0.25, 0.3) is 0 Å². The Morgan fingerprint density at radius 1 is 1.00 bits per heavy atom. The van der Waals surface area contributed by atoms with Crippen molar-refractivity contribution in [3.8, 4) is 0 Å². The maximum Gasteiger partial charge on any atom is 0.359 e. The van der Waals surface area contributed by atoms with Crippen LogP contribution in [-0.4, -0.2) is 43.1 Å². The summed E-state index contributed by atoms with van der Waals surface area (Å²) in [4.78, 5) is 24.4. The second kappa shape index (κ2) is 7.80. The van der Waals surface area contributed by atoms with Crippen LogP contribution in [0.25, 0.3) is 0 Å². The molecule has 0 amide bonds. The van der Waals surface area contributed by atoms with Crippen molar-refractivity contribution in [2.75, 3.05) is 6.61 Å². The monoisotopic (exact) mass is 432 g/mol. The summed E-state index contributed by atoms with van der Waals surface area (Å²) in [6.45, 7) is 0.345. The molecule has 1 unspecified atom stereocenters. The summed E-state index contributed by atoms with van der Waals surface area (Å²) in [6.07, 6.45) is 8.33. The number of halogens is 1. The van der Waals surface area contributed by atoms with Gasteiger partial charge in [-0.05, 0) is 87.9 Å². The van der Waals surface area contributed by atoms with E-state index < -0.39 is 27.7 Å². The van der Waals surface area contributed by atoms with E-state index in [2.05, 4.69) is 0 Å². The van der Waals surface area contributed by atoms with Crippen molar-refractivity contribution in [3.63, 3.8) is 0 Å². The van der Waals surface area contributed by atoms with E-state index in [9.17, 15) is 22.4 Å². The summed E-state index contributed by atoms with van der Waals surface area (Å²) < 4.78 is 53.8. The Balaban J connectivity index is 1.22. The Kier molecular flexibility index (Phi) is 5.65. The van der Waals surface area contributed by atoms with Crippen LogP contribution >= 0.6 is 0 Å². The molecule has 5 saturated carbocycles. The number of alkyl halides is 1. The van der Waals surface area contributed by atoms with Crippen molar-refractivity contribution in [2.24, 2.45) is 29.1 Å². The Labute approximate surface area is 170 Å². The van der Waals surface area contributed by atoms with Crippen molar-refractivity contribution >= 4 is 22.1 Å². The molecule has 0 aromatic rings. The lowest BCUT2D eigenvalue weighted by atomic mass is 9.49. The zero-order chi connectivity index (χ0) is 20.8. The molecule has 1 atom stereocenters. The number of carbonyl (C=O) groups excluding carboxylic acids is 2. The molecule has 0 heterocycles. The van der Waals surface area contributed by atoms with Gasteiger partial charge < -0.3 is 9.47 Å². The van der Waals surface area contributed by atoms with E-state index in [0.717, 1.165) is 19.3 Å². The lowest BCUT2D eigenvalue weighted by Crippen LogP contribution is -2.50. The molecule has 5 fully saturated rings. The predicted octanol–water partition coefficient (Wildman–Crippen LogP) is 3.03. The Morgan fingerprint density at radius 2 is 1.52 bits per heavy atom. The molecule has 0 aromatic carbocycles. The minimum Gasteiger partial charge on any atom is -0.465 e. The SMILES string of the molecule is O=C(OC1CCC(COC(=O)C23CC4CC(CC(C4)C2)C3)CC1)C(F)S(=O)(=O)O. The van der Waals surface area contributed by atoms with Crippen molar-refractivity contribution in [1.82, 2.24) is 0 Å². The van der Waals surface area contributed by atoms with Crippen LogP contribution in [-0.2, 0) is 29.2 Å². The third kappa shape index (κ3) is 4.45. The molecule has 9 heteroatoms. The summed E-state index contributed by atoms with van der Waals surface area (Å²) >= 11 is 0. The van der Waals surface area contributed by atoms with Crippen LogP contribution in [0.1, 0.15) is 64.2 Å². The first-order valence-corrected chi connectivity index (χ1v) is 12.1. The average Bonchev–Trinajstić information content (AvgIpc) is 2.64. The summed E-state index contributed by atoms with van der Waals surface area (Å²) in [5, 5.41) is 0. The average molecular weight is 433 g/mol. The van der Waals surface area contributed by atoms with Gasteiger partial charge in [0.2, 0.25) is 0 Å². The molecule has 0 saturated heterocycles. The number of hydrogen-bond donors (Lipinski definition) is 1. The number of ether oxygens (including phenoxy) is 2. The molecule has 0 spiro atoms. The van der Waals surface area contributed by atoms with Crippen LogP contribution in [0.2, 0.25) is 0 Å². The molecule has 0 aromatic heterocycles. The second-order valence-corrected chi connectivity index (χ2v) is 11.2. The third-order valence-electron chi connectivity index (χ3n) is 7.44. The molecule has 0 radical (unpaired) electrons. The molecule has 5 aliphatic carbocycles. The third-order valence-corrected chi connectivity index (χ3v) is 8.16. The lowest BCUT2D eigenvalue weighted by molar-refractivity contribution is -0.173. The fourth-order valence-corrected chi connectivity index (χ4v) is 6.76. The highest BCUT2D eigenvalue weighted by atomic mass is 32.2. The molecule has 29 heavy (non-hydrogen) atoms. The Morgan fingerprint density at radius 3 is 2.00 bits per heavy atom. The van der Waals surface area contributed by atoms with Gasteiger partial charge in [-0.25, -0.2) is 9.18 Å². The fourth-order valence-electron chi connectivity index (χ4n) is 6.46. The zero-order valence-corrected chi connectivity index (χ0v) is 17.2. The maximum absolute atomic E-state index is 13.3. The van der Waals surface area contributed by atoms with Crippen molar-refractivity contribution in [1.29, 1.82) is 0 Å². The largest absolute Gasteiger partial charge is 0.465 e. The van der Waals surface area contributed by atoms with E-state index in [1.54, 1.807) is 0 Å². The van der Waals surface area contributed by atoms with Crippen LogP contribution < -0.4 is 0 Å². The highest BCUT2D eigenvalue weighted by Gasteiger charge is 2.55. The van der Waals surface area contributed by atoms with Crippen LogP contribution in [0.5, 0.6) is 0 Å². The predicted molar refractivity (Wildman–Crippen MR) is 99.8 cm³/mol. The molecule has 7 nitrogen and oxygen atoms in total. The summed E-state index contributed by atoms with van der Waals surface area (Å²) in [7, 11) is -5.10. The highest BCUT2D eigenvalue weighted by molar-refractivity contribution is 7.87. The lowest BCUT2D eigenvalue weighted by Gasteiger charge is -2.55. The van der Waals surface area contributed by atoms with Gasteiger partial charge in [0.1, 0.15) is 6.10 Å². The standard InChI is InChI=1S/C20H29FO7S/c21-17(29(24,25)26)18(22)28-16-3-1-12(2-4-16)11-27-19(23)20-8-13-5-14(9-20)7-15(6-13)10-20/h12-17H,1-11H2,(H,24,25,26). The number of carbonyl (C=O) groups is 2. The van der Waals surface area contributed by atoms with Crippen LogP contribution in [0.15, 0.2) is 0 Å². The van der Waals surface area contributed by atoms with Crippen LogP contribution in [0.3, 0.4) is 0 Å². The summed E-state index contributed by atoms with van der Waals surface area (Å²) in [6, 6.07) is 0. The molecule has 4 bridgehead atoms. The molecule has 1 N–H and O–H groups in total. The maximum atomic E-state index is 13.3. The van der Waals surface area contributed by atoms with Gasteiger partial charge >= 0.3 is 27.6 Å². The van der Waals surface area contributed by atoms with Gasteiger partial charge in [-0.15, -0.1) is 0 Å². The van der Waals surface area contributed by atoms with E-state index in [-0.39, 0.29) is 17.3 Å². The van der Waals surface area contributed by atoms with Gasteiger partial charge in [-0.3, -0.25) is 9.35 Å². The highest BCUT2D eigenvalue weighted by Crippen LogP contribution is 2.60. The van der Waals surface area contributed by atoms with Crippen molar-refractivity contribution in [2.45, 2.75) is 75.8 Å². The van der Waals surface area contributed by atoms with Crippen molar-refractivity contribution in [3.05, 3.63) is 0 Å². The first kappa shape index (κ1) is 21.0.